The number of hydrogen-bond donors (Lipinski definition) is 6. The van der Waals surface area contributed by atoms with Gasteiger partial charge in [0.2, 0.25) is 6.29 Å². The minimum absolute atomic E-state index is 0.395. The van der Waals surface area contributed by atoms with Crippen LogP contribution in [0.1, 0.15) is 15.9 Å². The minimum atomic E-state index is -1.85. The van der Waals surface area contributed by atoms with Crippen molar-refractivity contribution >= 4 is 18.0 Å². The molecule has 11 nitrogen and oxygen atoms in total. The molecule has 1 saturated heterocycles. The van der Waals surface area contributed by atoms with E-state index >= 15 is 0 Å². The van der Waals surface area contributed by atoms with E-state index in [1.54, 1.807) is 24.3 Å². The van der Waals surface area contributed by atoms with Gasteiger partial charge in [0.1, 0.15) is 31.0 Å². The first-order valence-electron chi connectivity index (χ1n) is 9.73. The molecular formula is C22H22O11. The largest absolute Gasteiger partial charge is 0.504 e. The quantitative estimate of drug-likeness (QED) is 0.193. The summed E-state index contributed by atoms with van der Waals surface area (Å²) >= 11 is 0. The van der Waals surface area contributed by atoms with Gasteiger partial charge < -0.3 is 44.8 Å². The second-order valence-electron chi connectivity index (χ2n) is 7.16. The first-order chi connectivity index (χ1) is 15.7. The van der Waals surface area contributed by atoms with Crippen molar-refractivity contribution in [3.05, 3.63) is 59.7 Å². The Morgan fingerprint density at radius 3 is 2.21 bits per heavy atom. The number of rotatable bonds is 6. The van der Waals surface area contributed by atoms with Gasteiger partial charge in [-0.3, -0.25) is 0 Å². The van der Waals surface area contributed by atoms with Gasteiger partial charge in [-0.2, -0.15) is 0 Å². The molecule has 5 atom stereocenters. The van der Waals surface area contributed by atoms with Crippen LogP contribution in [0.4, 0.5) is 0 Å². The van der Waals surface area contributed by atoms with Crippen molar-refractivity contribution in [3.63, 3.8) is 0 Å². The molecule has 0 radical (unpaired) electrons. The number of carbonyl (C=O) groups is 2. The highest BCUT2D eigenvalue weighted by Gasteiger charge is 2.46. The van der Waals surface area contributed by atoms with Crippen molar-refractivity contribution in [2.75, 3.05) is 6.61 Å². The first kappa shape index (κ1) is 24.0. The molecule has 33 heavy (non-hydrogen) atoms. The van der Waals surface area contributed by atoms with Crippen molar-refractivity contribution in [3.8, 4) is 17.2 Å². The number of ether oxygens (including phenoxy) is 3. The van der Waals surface area contributed by atoms with Crippen LogP contribution >= 0.6 is 0 Å². The number of esters is 2. The highest BCUT2D eigenvalue weighted by atomic mass is 16.7. The lowest BCUT2D eigenvalue weighted by atomic mass is 9.99. The van der Waals surface area contributed by atoms with Crippen LogP contribution in [0.2, 0.25) is 0 Å². The van der Waals surface area contributed by atoms with E-state index in [-0.39, 0.29) is 0 Å². The number of aromatic hydroxyl groups is 3. The predicted molar refractivity (Wildman–Crippen MR) is 110 cm³/mol. The third kappa shape index (κ3) is 5.79. The molecule has 176 valence electrons. The maximum absolute atomic E-state index is 12.3. The molecular weight excluding hydrogens is 440 g/mol. The topological polar surface area (TPSA) is 183 Å². The number of phenolic OH excluding ortho intramolecular Hbond substituents is 3. The van der Waals surface area contributed by atoms with E-state index < -0.39 is 72.1 Å². The summed E-state index contributed by atoms with van der Waals surface area (Å²) in [6, 6.07) is 10.5. The van der Waals surface area contributed by atoms with Crippen LogP contribution in [0.3, 0.4) is 0 Å². The van der Waals surface area contributed by atoms with Gasteiger partial charge in [-0.1, -0.05) is 30.3 Å². The van der Waals surface area contributed by atoms with Crippen molar-refractivity contribution in [2.24, 2.45) is 0 Å². The summed E-state index contributed by atoms with van der Waals surface area (Å²) in [6.07, 6.45) is -5.80. The van der Waals surface area contributed by atoms with Gasteiger partial charge >= 0.3 is 11.9 Å². The number of aliphatic hydroxyl groups excluding tert-OH is 3. The van der Waals surface area contributed by atoms with Gasteiger partial charge in [0.05, 0.1) is 5.56 Å². The summed E-state index contributed by atoms with van der Waals surface area (Å²) in [5.74, 6) is -4.39. The monoisotopic (exact) mass is 462 g/mol. The maximum Gasteiger partial charge on any atom is 0.340 e. The summed E-state index contributed by atoms with van der Waals surface area (Å²) in [6.45, 7) is -0.530. The summed E-state index contributed by atoms with van der Waals surface area (Å²) < 4.78 is 15.3. The lowest BCUT2D eigenvalue weighted by Crippen LogP contribution is -2.59. The van der Waals surface area contributed by atoms with Crippen molar-refractivity contribution in [1.29, 1.82) is 0 Å². The Balaban J connectivity index is 1.62. The molecule has 1 aliphatic rings. The van der Waals surface area contributed by atoms with Crippen molar-refractivity contribution in [1.82, 2.24) is 0 Å². The van der Waals surface area contributed by atoms with Gasteiger partial charge in [-0.15, -0.1) is 0 Å². The van der Waals surface area contributed by atoms with E-state index in [9.17, 15) is 40.2 Å². The molecule has 11 heteroatoms. The van der Waals surface area contributed by atoms with Crippen LogP contribution in [0.15, 0.2) is 48.5 Å². The number of hydrogen-bond acceptors (Lipinski definition) is 11. The molecule has 1 aliphatic heterocycles. The van der Waals surface area contributed by atoms with Crippen molar-refractivity contribution < 1.29 is 54.4 Å². The number of aliphatic hydroxyl groups is 3. The van der Waals surface area contributed by atoms with Crippen LogP contribution < -0.4 is 0 Å². The SMILES string of the molecule is O=C(/C=C\c1ccccc1)OCC1OC(OC(=O)c2cc(O)c(O)c(O)c2)C(O)C(O)C1O. The zero-order chi connectivity index (χ0) is 24.1. The average molecular weight is 462 g/mol. The molecule has 2 aromatic carbocycles. The summed E-state index contributed by atoms with van der Waals surface area (Å²) in [7, 11) is 0. The Hall–Kier alpha value is -3.64. The first-order valence-corrected chi connectivity index (χ1v) is 9.73. The fourth-order valence-corrected chi connectivity index (χ4v) is 2.99. The summed E-state index contributed by atoms with van der Waals surface area (Å²) in [4.78, 5) is 24.2. The highest BCUT2D eigenvalue weighted by molar-refractivity contribution is 5.91. The Morgan fingerprint density at radius 2 is 1.58 bits per heavy atom. The third-order valence-corrected chi connectivity index (χ3v) is 4.80. The van der Waals surface area contributed by atoms with Crippen LogP contribution in [-0.4, -0.2) is 79.9 Å². The van der Waals surface area contributed by atoms with Crippen LogP contribution in [-0.2, 0) is 19.0 Å². The minimum Gasteiger partial charge on any atom is -0.504 e. The molecule has 6 N–H and O–H groups in total. The smallest absolute Gasteiger partial charge is 0.340 e. The Labute approximate surface area is 187 Å². The van der Waals surface area contributed by atoms with E-state index in [1.807, 2.05) is 6.07 Å². The zero-order valence-electron chi connectivity index (χ0n) is 17.0. The number of benzene rings is 2. The Bertz CT molecular complexity index is 997. The lowest BCUT2D eigenvalue weighted by Gasteiger charge is -2.39. The average Bonchev–Trinajstić information content (AvgIpc) is 2.81. The molecule has 2 aromatic rings. The molecule has 0 bridgehead atoms. The fraction of sp³-hybridized carbons (Fsp3) is 0.273. The van der Waals surface area contributed by atoms with Crippen LogP contribution in [0, 0.1) is 0 Å². The maximum atomic E-state index is 12.3. The van der Waals surface area contributed by atoms with E-state index in [4.69, 9.17) is 14.2 Å². The molecule has 0 aromatic heterocycles. The van der Waals surface area contributed by atoms with E-state index in [0.29, 0.717) is 0 Å². The normalized spacial score (nSPS) is 25.0. The van der Waals surface area contributed by atoms with Crippen LogP contribution in [0.25, 0.3) is 6.08 Å². The highest BCUT2D eigenvalue weighted by Crippen LogP contribution is 2.36. The van der Waals surface area contributed by atoms with E-state index in [2.05, 4.69) is 0 Å². The van der Waals surface area contributed by atoms with Gasteiger partial charge in [-0.25, -0.2) is 9.59 Å². The second kappa shape index (κ2) is 10.3. The number of phenols is 3. The van der Waals surface area contributed by atoms with Crippen molar-refractivity contribution in [2.45, 2.75) is 30.7 Å². The number of carbonyl (C=O) groups excluding carboxylic acids is 2. The van der Waals surface area contributed by atoms with Gasteiger partial charge in [-0.05, 0) is 23.8 Å². The standard InChI is InChI=1S/C22H22O11/c23-13-8-12(9-14(24)17(13)26)21(30)33-22-20(29)19(28)18(27)15(32-22)10-31-16(25)7-6-11-4-2-1-3-5-11/h1-9,15,18-20,22-24,26-29H,10H2/b7-6-. The second-order valence-corrected chi connectivity index (χ2v) is 7.16. The molecule has 1 fully saturated rings. The van der Waals surface area contributed by atoms with E-state index in [0.717, 1.165) is 23.8 Å². The Kier molecular flexibility index (Phi) is 7.51. The molecule has 0 aliphatic carbocycles. The Morgan fingerprint density at radius 1 is 0.939 bits per heavy atom. The lowest BCUT2D eigenvalue weighted by molar-refractivity contribution is -0.285. The summed E-state index contributed by atoms with van der Waals surface area (Å²) in [5, 5.41) is 58.7. The molecule has 0 amide bonds. The zero-order valence-corrected chi connectivity index (χ0v) is 17.0. The molecule has 0 spiro atoms. The van der Waals surface area contributed by atoms with Gasteiger partial charge in [0.25, 0.3) is 0 Å². The summed E-state index contributed by atoms with van der Waals surface area (Å²) in [5.41, 5.74) is 0.355. The molecule has 0 saturated carbocycles. The van der Waals surface area contributed by atoms with Gasteiger partial charge in [0, 0.05) is 6.08 Å². The molecule has 1 heterocycles. The van der Waals surface area contributed by atoms with Gasteiger partial charge in [0.15, 0.2) is 17.2 Å². The van der Waals surface area contributed by atoms with Crippen LogP contribution in [0.5, 0.6) is 17.2 Å². The fourth-order valence-electron chi connectivity index (χ4n) is 2.99. The van der Waals surface area contributed by atoms with E-state index in [1.165, 1.54) is 6.08 Å². The molecule has 5 unspecified atom stereocenters. The third-order valence-electron chi connectivity index (χ3n) is 4.80. The molecule has 3 rings (SSSR count). The predicted octanol–water partition coefficient (Wildman–Crippen LogP) is 0.0244.